The SMILES string of the molecule is C[C@@H](NC(=O)Cc1cccc2ccccc12)C(=O)Nc1ccc2[nH]c(=O)[nH]c2c1. The molecule has 0 spiro atoms. The second-order valence-electron chi connectivity index (χ2n) is 6.93. The summed E-state index contributed by atoms with van der Waals surface area (Å²) in [5.74, 6) is -0.567. The highest BCUT2D eigenvalue weighted by molar-refractivity contribution is 5.98. The predicted molar refractivity (Wildman–Crippen MR) is 113 cm³/mol. The van der Waals surface area contributed by atoms with E-state index in [9.17, 15) is 14.4 Å². The molecule has 4 aromatic rings. The predicted octanol–water partition coefficient (Wildman–Crippen LogP) is 2.70. The summed E-state index contributed by atoms with van der Waals surface area (Å²) < 4.78 is 0. The van der Waals surface area contributed by atoms with Crippen LogP contribution in [0.25, 0.3) is 21.8 Å². The minimum absolute atomic E-state index is 0.190. The number of imidazole rings is 1. The molecule has 0 aliphatic heterocycles. The van der Waals surface area contributed by atoms with Crippen LogP contribution in [0.5, 0.6) is 0 Å². The molecule has 1 atom stereocenters. The van der Waals surface area contributed by atoms with Gasteiger partial charge < -0.3 is 20.6 Å². The molecule has 0 aliphatic carbocycles. The van der Waals surface area contributed by atoms with Crippen molar-refractivity contribution in [1.82, 2.24) is 15.3 Å². The van der Waals surface area contributed by atoms with E-state index in [-0.39, 0.29) is 23.9 Å². The molecule has 4 rings (SSSR count). The van der Waals surface area contributed by atoms with Gasteiger partial charge in [-0.05, 0) is 41.5 Å². The summed E-state index contributed by atoms with van der Waals surface area (Å²) in [5, 5.41) is 7.59. The zero-order valence-electron chi connectivity index (χ0n) is 15.8. The molecule has 0 fully saturated rings. The first-order chi connectivity index (χ1) is 14.0. The normalized spacial score (nSPS) is 12.0. The topological polar surface area (TPSA) is 107 Å². The van der Waals surface area contributed by atoms with Crippen LogP contribution >= 0.6 is 0 Å². The van der Waals surface area contributed by atoms with Crippen LogP contribution in [0.2, 0.25) is 0 Å². The van der Waals surface area contributed by atoms with Crippen molar-refractivity contribution in [3.05, 3.63) is 76.7 Å². The Labute approximate surface area is 166 Å². The number of H-pyrrole nitrogens is 2. The summed E-state index contributed by atoms with van der Waals surface area (Å²) in [7, 11) is 0. The van der Waals surface area contributed by atoms with E-state index in [1.807, 2.05) is 42.5 Å². The largest absolute Gasteiger partial charge is 0.344 e. The zero-order chi connectivity index (χ0) is 20.4. The first-order valence-electron chi connectivity index (χ1n) is 9.28. The van der Waals surface area contributed by atoms with Gasteiger partial charge in [-0.1, -0.05) is 42.5 Å². The molecule has 2 amide bonds. The molecule has 7 heteroatoms. The number of carbonyl (C=O) groups excluding carboxylic acids is 2. The fourth-order valence-corrected chi connectivity index (χ4v) is 3.34. The van der Waals surface area contributed by atoms with Gasteiger partial charge in [0, 0.05) is 5.69 Å². The summed E-state index contributed by atoms with van der Waals surface area (Å²) in [6.07, 6.45) is 0.190. The number of anilines is 1. The zero-order valence-corrected chi connectivity index (χ0v) is 15.8. The van der Waals surface area contributed by atoms with Crippen LogP contribution in [0, 0.1) is 0 Å². The van der Waals surface area contributed by atoms with Crippen LogP contribution in [0.3, 0.4) is 0 Å². The molecule has 29 heavy (non-hydrogen) atoms. The molecule has 1 heterocycles. The lowest BCUT2D eigenvalue weighted by Crippen LogP contribution is -2.42. The van der Waals surface area contributed by atoms with Gasteiger partial charge in [-0.2, -0.15) is 0 Å². The number of fused-ring (bicyclic) bond motifs is 2. The summed E-state index contributed by atoms with van der Waals surface area (Å²) in [6, 6.07) is 18.1. The highest BCUT2D eigenvalue weighted by Gasteiger charge is 2.17. The van der Waals surface area contributed by atoms with Crippen LogP contribution in [0.15, 0.2) is 65.5 Å². The molecule has 0 saturated heterocycles. The van der Waals surface area contributed by atoms with Crippen molar-refractivity contribution >= 4 is 39.3 Å². The maximum atomic E-state index is 12.5. The van der Waals surface area contributed by atoms with Gasteiger partial charge >= 0.3 is 5.69 Å². The van der Waals surface area contributed by atoms with Crippen molar-refractivity contribution in [3.63, 3.8) is 0 Å². The van der Waals surface area contributed by atoms with Crippen molar-refractivity contribution in [2.24, 2.45) is 0 Å². The molecule has 1 aromatic heterocycles. The van der Waals surface area contributed by atoms with Gasteiger partial charge in [-0.3, -0.25) is 9.59 Å². The summed E-state index contributed by atoms with van der Waals surface area (Å²) >= 11 is 0. The summed E-state index contributed by atoms with van der Waals surface area (Å²) in [4.78, 5) is 41.5. The van der Waals surface area contributed by atoms with Gasteiger partial charge in [0.25, 0.3) is 0 Å². The van der Waals surface area contributed by atoms with Crippen molar-refractivity contribution in [2.45, 2.75) is 19.4 Å². The number of rotatable bonds is 5. The van der Waals surface area contributed by atoms with Crippen molar-refractivity contribution in [2.75, 3.05) is 5.32 Å². The third kappa shape index (κ3) is 4.03. The Morgan fingerprint density at radius 1 is 0.966 bits per heavy atom. The van der Waals surface area contributed by atoms with E-state index in [0.29, 0.717) is 16.7 Å². The molecule has 146 valence electrons. The Kier molecular flexibility index (Phi) is 4.87. The molecule has 7 nitrogen and oxygen atoms in total. The van der Waals surface area contributed by atoms with Gasteiger partial charge in [-0.25, -0.2) is 4.79 Å². The van der Waals surface area contributed by atoms with E-state index in [2.05, 4.69) is 20.6 Å². The molecule has 0 unspecified atom stereocenters. The van der Waals surface area contributed by atoms with Gasteiger partial charge in [0.1, 0.15) is 6.04 Å². The third-order valence-electron chi connectivity index (χ3n) is 4.79. The molecule has 0 radical (unpaired) electrons. The first kappa shape index (κ1) is 18.5. The van der Waals surface area contributed by atoms with Crippen molar-refractivity contribution < 1.29 is 9.59 Å². The van der Waals surface area contributed by atoms with Gasteiger partial charge in [0.05, 0.1) is 17.5 Å². The third-order valence-corrected chi connectivity index (χ3v) is 4.79. The average Bonchev–Trinajstić information content (AvgIpc) is 3.07. The Bertz CT molecular complexity index is 1270. The van der Waals surface area contributed by atoms with E-state index >= 15 is 0 Å². The Morgan fingerprint density at radius 3 is 2.59 bits per heavy atom. The molecule has 0 aliphatic rings. The van der Waals surface area contributed by atoms with Crippen molar-refractivity contribution in [3.8, 4) is 0 Å². The number of benzene rings is 3. The average molecular weight is 388 g/mol. The first-order valence-corrected chi connectivity index (χ1v) is 9.28. The lowest BCUT2D eigenvalue weighted by Gasteiger charge is -2.15. The quantitative estimate of drug-likeness (QED) is 0.422. The second kappa shape index (κ2) is 7.63. The van der Waals surface area contributed by atoms with E-state index in [0.717, 1.165) is 16.3 Å². The highest BCUT2D eigenvalue weighted by atomic mass is 16.2. The maximum Gasteiger partial charge on any atom is 0.323 e. The minimum atomic E-state index is -0.710. The van der Waals surface area contributed by atoms with Gasteiger partial charge in [0.2, 0.25) is 11.8 Å². The summed E-state index contributed by atoms with van der Waals surface area (Å²) in [6.45, 7) is 1.63. The van der Waals surface area contributed by atoms with Crippen LogP contribution in [0.1, 0.15) is 12.5 Å². The van der Waals surface area contributed by atoms with Gasteiger partial charge in [-0.15, -0.1) is 0 Å². The standard InChI is InChI=1S/C22H20N4O3/c1-13(21(28)24-16-9-10-18-19(12-16)26-22(29)25-18)23-20(27)11-15-7-4-6-14-5-2-3-8-17(14)15/h2-10,12-13H,11H2,1H3,(H,23,27)(H,24,28)(H2,25,26,29)/t13-/m1/s1. The molecular weight excluding hydrogens is 368 g/mol. The lowest BCUT2D eigenvalue weighted by atomic mass is 10.0. The number of nitrogens with one attached hydrogen (secondary N) is 4. The van der Waals surface area contributed by atoms with E-state index in [1.165, 1.54) is 0 Å². The number of carbonyl (C=O) groups is 2. The van der Waals surface area contributed by atoms with Crippen LogP contribution in [-0.4, -0.2) is 27.8 Å². The maximum absolute atomic E-state index is 12.5. The summed E-state index contributed by atoms with van der Waals surface area (Å²) in [5.41, 5.74) is 2.39. The fourth-order valence-electron chi connectivity index (χ4n) is 3.34. The highest BCUT2D eigenvalue weighted by Crippen LogP contribution is 2.19. The van der Waals surface area contributed by atoms with E-state index in [1.54, 1.807) is 25.1 Å². The number of amides is 2. The smallest absolute Gasteiger partial charge is 0.323 e. The van der Waals surface area contributed by atoms with Crippen molar-refractivity contribution in [1.29, 1.82) is 0 Å². The van der Waals surface area contributed by atoms with Crippen LogP contribution in [-0.2, 0) is 16.0 Å². The number of aromatic amines is 2. The Morgan fingerprint density at radius 2 is 1.72 bits per heavy atom. The molecule has 0 saturated carbocycles. The monoisotopic (exact) mass is 388 g/mol. The lowest BCUT2D eigenvalue weighted by molar-refractivity contribution is -0.125. The van der Waals surface area contributed by atoms with Crippen LogP contribution < -0.4 is 16.3 Å². The minimum Gasteiger partial charge on any atom is -0.344 e. The van der Waals surface area contributed by atoms with Gasteiger partial charge in [0.15, 0.2) is 0 Å². The second-order valence-corrected chi connectivity index (χ2v) is 6.93. The molecular formula is C22H20N4O3. The Hall–Kier alpha value is -3.87. The molecule has 3 aromatic carbocycles. The molecule has 0 bridgehead atoms. The number of aromatic nitrogens is 2. The Balaban J connectivity index is 1.40. The molecule has 4 N–H and O–H groups in total. The fraction of sp³-hybridized carbons (Fsp3) is 0.136. The number of hydrogen-bond donors (Lipinski definition) is 4. The van der Waals surface area contributed by atoms with E-state index < -0.39 is 6.04 Å². The van der Waals surface area contributed by atoms with E-state index in [4.69, 9.17) is 0 Å². The van der Waals surface area contributed by atoms with Crippen LogP contribution in [0.4, 0.5) is 5.69 Å². The number of hydrogen-bond acceptors (Lipinski definition) is 3.